The van der Waals surface area contributed by atoms with Crippen molar-refractivity contribution >= 4 is 11.8 Å². The number of hydrogen-bond acceptors (Lipinski definition) is 3. The van der Waals surface area contributed by atoms with Gasteiger partial charge in [-0.2, -0.15) is 0 Å². The van der Waals surface area contributed by atoms with Crippen LogP contribution in [-0.4, -0.2) is 18.4 Å². The Bertz CT molecular complexity index is 479. The molecule has 1 aliphatic heterocycles. The van der Waals surface area contributed by atoms with Gasteiger partial charge in [0.1, 0.15) is 11.5 Å². The highest BCUT2D eigenvalue weighted by Crippen LogP contribution is 2.22. The third-order valence-corrected chi connectivity index (χ3v) is 3.25. The number of hydrogen-bond donors (Lipinski definition) is 2. The summed E-state index contributed by atoms with van der Waals surface area (Å²) in [7, 11) is 0. The Balaban J connectivity index is 1.99. The second-order valence-corrected chi connectivity index (χ2v) is 4.80. The quantitative estimate of drug-likeness (QED) is 0.847. The maximum Gasteiger partial charge on any atom is 0.225 e. The molecule has 2 atom stereocenters. The lowest BCUT2D eigenvalue weighted by Gasteiger charge is -2.15. The minimum Gasteiger partial charge on any atom is -0.466 e. The predicted molar refractivity (Wildman–Crippen MR) is 65.9 cm³/mol. The van der Waals surface area contributed by atoms with E-state index in [0.717, 1.165) is 17.1 Å². The zero-order valence-corrected chi connectivity index (χ0v) is 10.9. The van der Waals surface area contributed by atoms with Gasteiger partial charge in [0, 0.05) is 18.5 Å². The van der Waals surface area contributed by atoms with Crippen molar-refractivity contribution in [3.63, 3.8) is 0 Å². The summed E-state index contributed by atoms with van der Waals surface area (Å²) >= 11 is 0. The van der Waals surface area contributed by atoms with E-state index >= 15 is 0 Å². The molecule has 5 heteroatoms. The fourth-order valence-electron chi connectivity index (χ4n) is 2.28. The van der Waals surface area contributed by atoms with Crippen molar-refractivity contribution in [2.75, 3.05) is 6.54 Å². The molecule has 1 fully saturated rings. The second kappa shape index (κ2) is 4.84. The molecule has 0 saturated carbocycles. The Hall–Kier alpha value is -1.78. The van der Waals surface area contributed by atoms with Crippen LogP contribution >= 0.6 is 0 Å². The van der Waals surface area contributed by atoms with E-state index in [0.29, 0.717) is 6.54 Å². The fraction of sp³-hybridized carbons (Fsp3) is 0.538. The van der Waals surface area contributed by atoms with E-state index in [4.69, 9.17) is 4.42 Å². The fourth-order valence-corrected chi connectivity index (χ4v) is 2.28. The molecule has 18 heavy (non-hydrogen) atoms. The topological polar surface area (TPSA) is 71.3 Å². The molecule has 0 aliphatic carbocycles. The predicted octanol–water partition coefficient (Wildman–Crippen LogP) is 1.21. The van der Waals surface area contributed by atoms with E-state index in [9.17, 15) is 9.59 Å². The van der Waals surface area contributed by atoms with Crippen LogP contribution in [0.3, 0.4) is 0 Å². The Labute approximate surface area is 106 Å². The van der Waals surface area contributed by atoms with Crippen molar-refractivity contribution < 1.29 is 14.0 Å². The van der Waals surface area contributed by atoms with Gasteiger partial charge in [-0.3, -0.25) is 9.59 Å². The number of aryl methyl sites for hydroxylation is 2. The van der Waals surface area contributed by atoms with Crippen molar-refractivity contribution in [1.82, 2.24) is 10.6 Å². The van der Waals surface area contributed by atoms with E-state index in [1.165, 1.54) is 0 Å². The van der Waals surface area contributed by atoms with Crippen LogP contribution in [0.1, 0.15) is 36.5 Å². The largest absolute Gasteiger partial charge is 0.466 e. The van der Waals surface area contributed by atoms with Gasteiger partial charge in [0.2, 0.25) is 11.8 Å². The van der Waals surface area contributed by atoms with Gasteiger partial charge in [-0.1, -0.05) is 0 Å². The molecule has 1 aliphatic rings. The Morgan fingerprint density at radius 1 is 1.56 bits per heavy atom. The first-order chi connectivity index (χ1) is 8.47. The van der Waals surface area contributed by atoms with Gasteiger partial charge in [0.05, 0.1) is 12.0 Å². The normalized spacial score (nSPS) is 20.6. The summed E-state index contributed by atoms with van der Waals surface area (Å²) in [5, 5.41) is 5.58. The van der Waals surface area contributed by atoms with Crippen LogP contribution in [0, 0.1) is 19.8 Å². The van der Waals surface area contributed by atoms with Crippen molar-refractivity contribution in [2.45, 2.75) is 33.2 Å². The SMILES string of the molecule is Cc1cc(C(C)NC(=O)C2CNC(=O)C2)c(C)o1. The lowest BCUT2D eigenvalue weighted by atomic mass is 10.1. The van der Waals surface area contributed by atoms with E-state index < -0.39 is 0 Å². The second-order valence-electron chi connectivity index (χ2n) is 4.80. The average molecular weight is 250 g/mol. The molecule has 98 valence electrons. The zero-order chi connectivity index (χ0) is 13.3. The highest BCUT2D eigenvalue weighted by molar-refractivity contribution is 5.89. The number of nitrogens with one attached hydrogen (secondary N) is 2. The highest BCUT2D eigenvalue weighted by atomic mass is 16.3. The molecule has 0 radical (unpaired) electrons. The summed E-state index contributed by atoms with van der Waals surface area (Å²) in [6.45, 7) is 6.11. The molecule has 0 aromatic carbocycles. The van der Waals surface area contributed by atoms with Gasteiger partial charge >= 0.3 is 0 Å². The van der Waals surface area contributed by atoms with Crippen LogP contribution in [0.15, 0.2) is 10.5 Å². The third kappa shape index (κ3) is 2.55. The van der Waals surface area contributed by atoms with Gasteiger partial charge in [-0.05, 0) is 26.8 Å². The van der Waals surface area contributed by atoms with Crippen LogP contribution in [-0.2, 0) is 9.59 Å². The van der Waals surface area contributed by atoms with E-state index in [1.54, 1.807) is 0 Å². The third-order valence-electron chi connectivity index (χ3n) is 3.25. The van der Waals surface area contributed by atoms with Crippen LogP contribution in [0.2, 0.25) is 0 Å². The molecule has 0 spiro atoms. The van der Waals surface area contributed by atoms with Crippen molar-refractivity contribution in [1.29, 1.82) is 0 Å². The molecular weight excluding hydrogens is 232 g/mol. The van der Waals surface area contributed by atoms with Gasteiger partial charge in [0.25, 0.3) is 0 Å². The molecular formula is C13H18N2O3. The van der Waals surface area contributed by atoms with Crippen LogP contribution < -0.4 is 10.6 Å². The minimum absolute atomic E-state index is 0.0573. The molecule has 5 nitrogen and oxygen atoms in total. The lowest BCUT2D eigenvalue weighted by Crippen LogP contribution is -2.33. The first-order valence-electron chi connectivity index (χ1n) is 6.11. The van der Waals surface area contributed by atoms with Crippen molar-refractivity contribution in [3.05, 3.63) is 23.2 Å². The molecule has 2 amide bonds. The molecule has 1 aromatic rings. The van der Waals surface area contributed by atoms with E-state index in [1.807, 2.05) is 26.8 Å². The standard InChI is InChI=1S/C13H18N2O3/c1-7-4-11(9(3)18-7)8(2)15-13(17)10-5-12(16)14-6-10/h4,8,10H,5-6H2,1-3H3,(H,14,16)(H,15,17). The molecule has 0 bridgehead atoms. The molecule has 2 rings (SSSR count). The van der Waals surface area contributed by atoms with Gasteiger partial charge in [-0.15, -0.1) is 0 Å². The molecule has 1 saturated heterocycles. The van der Waals surface area contributed by atoms with Crippen molar-refractivity contribution in [3.8, 4) is 0 Å². The summed E-state index contributed by atoms with van der Waals surface area (Å²) in [5.41, 5.74) is 0.984. The van der Waals surface area contributed by atoms with E-state index in [-0.39, 0.29) is 30.2 Å². The van der Waals surface area contributed by atoms with Crippen LogP contribution in [0.4, 0.5) is 0 Å². The highest BCUT2D eigenvalue weighted by Gasteiger charge is 2.29. The maximum atomic E-state index is 12.0. The average Bonchev–Trinajstić information content (AvgIpc) is 2.84. The van der Waals surface area contributed by atoms with Gasteiger partial charge in [0.15, 0.2) is 0 Å². The summed E-state index contributed by atoms with van der Waals surface area (Å²) < 4.78 is 5.44. The summed E-state index contributed by atoms with van der Waals surface area (Å²) in [6.07, 6.45) is 0.280. The monoisotopic (exact) mass is 250 g/mol. The van der Waals surface area contributed by atoms with Gasteiger partial charge < -0.3 is 15.1 Å². The van der Waals surface area contributed by atoms with Crippen LogP contribution in [0.5, 0.6) is 0 Å². The summed E-state index contributed by atoms with van der Waals surface area (Å²) in [5.74, 6) is 1.26. The Morgan fingerprint density at radius 3 is 2.78 bits per heavy atom. The Kier molecular flexibility index (Phi) is 3.41. The first kappa shape index (κ1) is 12.7. The molecule has 2 heterocycles. The zero-order valence-electron chi connectivity index (χ0n) is 10.9. The smallest absolute Gasteiger partial charge is 0.225 e. The number of furan rings is 1. The number of carbonyl (C=O) groups excluding carboxylic acids is 2. The van der Waals surface area contributed by atoms with E-state index in [2.05, 4.69) is 10.6 Å². The maximum absolute atomic E-state index is 12.0. The molecule has 2 N–H and O–H groups in total. The Morgan fingerprint density at radius 2 is 2.28 bits per heavy atom. The summed E-state index contributed by atoms with van der Waals surface area (Å²) in [6, 6.07) is 1.82. The number of rotatable bonds is 3. The minimum atomic E-state index is -0.256. The summed E-state index contributed by atoms with van der Waals surface area (Å²) in [4.78, 5) is 23.0. The first-order valence-corrected chi connectivity index (χ1v) is 6.11. The number of carbonyl (C=O) groups is 2. The molecule has 1 aromatic heterocycles. The van der Waals surface area contributed by atoms with Gasteiger partial charge in [-0.25, -0.2) is 0 Å². The van der Waals surface area contributed by atoms with Crippen LogP contribution in [0.25, 0.3) is 0 Å². The number of amides is 2. The van der Waals surface area contributed by atoms with Crippen molar-refractivity contribution in [2.24, 2.45) is 5.92 Å². The molecule has 2 unspecified atom stereocenters. The lowest BCUT2D eigenvalue weighted by molar-refractivity contribution is -0.127.